The van der Waals surface area contributed by atoms with Gasteiger partial charge in [0.2, 0.25) is 5.91 Å². The van der Waals surface area contributed by atoms with Crippen LogP contribution in [0.2, 0.25) is 5.02 Å². The Morgan fingerprint density at radius 1 is 1.61 bits per heavy atom. The lowest BCUT2D eigenvalue weighted by atomic mass is 10.1. The molecule has 1 amide bonds. The van der Waals surface area contributed by atoms with Gasteiger partial charge in [-0.25, -0.2) is 4.98 Å². The Labute approximate surface area is 109 Å². The zero-order chi connectivity index (χ0) is 13.1. The number of pyridine rings is 1. The van der Waals surface area contributed by atoms with Gasteiger partial charge < -0.3 is 11.1 Å². The van der Waals surface area contributed by atoms with Crippen LogP contribution in [0, 0.1) is 0 Å². The summed E-state index contributed by atoms with van der Waals surface area (Å²) in [5.74, 6) is -0.0906. The molecule has 0 saturated heterocycles. The van der Waals surface area contributed by atoms with Gasteiger partial charge in [0, 0.05) is 25.0 Å². The molecule has 2 rings (SSSR count). The van der Waals surface area contributed by atoms with Crippen molar-refractivity contribution >= 4 is 23.3 Å². The number of carbonyl (C=O) groups is 1. The van der Waals surface area contributed by atoms with Gasteiger partial charge in [-0.1, -0.05) is 11.6 Å². The molecule has 1 atom stereocenters. The Balaban J connectivity index is 2.11. The zero-order valence-corrected chi connectivity index (χ0v) is 10.4. The molecule has 0 fully saturated rings. The minimum Gasteiger partial charge on any atom is -0.316 e. The van der Waals surface area contributed by atoms with Gasteiger partial charge in [-0.15, -0.1) is 0 Å². The largest absolute Gasteiger partial charge is 0.316 e. The van der Waals surface area contributed by atoms with Crippen molar-refractivity contribution in [2.75, 3.05) is 5.32 Å². The van der Waals surface area contributed by atoms with Crippen LogP contribution in [0.4, 0.5) is 5.82 Å². The van der Waals surface area contributed by atoms with Crippen molar-refractivity contribution in [1.29, 1.82) is 0 Å². The minimum atomic E-state index is -0.809. The van der Waals surface area contributed by atoms with Crippen molar-refractivity contribution in [3.05, 3.63) is 41.3 Å². The van der Waals surface area contributed by atoms with Crippen molar-refractivity contribution in [1.82, 2.24) is 14.8 Å². The highest BCUT2D eigenvalue weighted by Crippen LogP contribution is 2.19. The minimum absolute atomic E-state index is 0.295. The number of nitrogens with one attached hydrogen (secondary N) is 1. The standard InChI is InChI=1S/C11H12ClN5O/c1-17-6-7(5-15-17)9(13)11(18)16-10-8(12)3-2-4-14-10/h2-6,9H,13H2,1H3,(H,14,16,18). The lowest BCUT2D eigenvalue weighted by molar-refractivity contribution is -0.117. The van der Waals surface area contributed by atoms with Crippen LogP contribution < -0.4 is 11.1 Å². The molecule has 0 aliphatic carbocycles. The first kappa shape index (κ1) is 12.5. The fourth-order valence-electron chi connectivity index (χ4n) is 1.42. The lowest BCUT2D eigenvalue weighted by Crippen LogP contribution is -2.27. The van der Waals surface area contributed by atoms with Crippen molar-refractivity contribution < 1.29 is 4.79 Å². The van der Waals surface area contributed by atoms with Gasteiger partial charge in [-0.05, 0) is 12.1 Å². The number of aromatic nitrogens is 3. The maximum Gasteiger partial charge on any atom is 0.247 e. The van der Waals surface area contributed by atoms with Crippen LogP contribution in [-0.4, -0.2) is 20.7 Å². The number of aryl methyl sites for hydroxylation is 1. The molecule has 3 N–H and O–H groups in total. The first-order valence-electron chi connectivity index (χ1n) is 5.23. The van der Waals surface area contributed by atoms with Crippen LogP contribution >= 0.6 is 11.6 Å². The molecule has 0 radical (unpaired) electrons. The van der Waals surface area contributed by atoms with Crippen LogP contribution in [0.25, 0.3) is 0 Å². The van der Waals surface area contributed by atoms with Gasteiger partial charge >= 0.3 is 0 Å². The molecule has 18 heavy (non-hydrogen) atoms. The van der Waals surface area contributed by atoms with E-state index in [1.807, 2.05) is 0 Å². The van der Waals surface area contributed by atoms with Gasteiger partial charge in [-0.3, -0.25) is 9.48 Å². The highest BCUT2D eigenvalue weighted by Gasteiger charge is 2.18. The molecule has 7 heteroatoms. The maximum absolute atomic E-state index is 11.9. The molecule has 0 bridgehead atoms. The van der Waals surface area contributed by atoms with Gasteiger partial charge in [0.25, 0.3) is 0 Å². The Kier molecular flexibility index (Phi) is 3.59. The van der Waals surface area contributed by atoms with E-state index in [4.69, 9.17) is 17.3 Å². The Morgan fingerprint density at radius 3 is 3.00 bits per heavy atom. The van der Waals surface area contributed by atoms with E-state index in [0.717, 1.165) is 0 Å². The number of halogens is 1. The van der Waals surface area contributed by atoms with Crippen molar-refractivity contribution in [2.24, 2.45) is 12.8 Å². The second-order valence-corrected chi connectivity index (χ2v) is 4.16. The summed E-state index contributed by atoms with van der Waals surface area (Å²) < 4.78 is 1.58. The second kappa shape index (κ2) is 5.16. The van der Waals surface area contributed by atoms with E-state index in [9.17, 15) is 4.79 Å². The maximum atomic E-state index is 11.9. The molecule has 6 nitrogen and oxygen atoms in total. The van der Waals surface area contributed by atoms with Gasteiger partial charge in [-0.2, -0.15) is 5.10 Å². The summed E-state index contributed by atoms with van der Waals surface area (Å²) in [5.41, 5.74) is 6.44. The van der Waals surface area contributed by atoms with E-state index in [0.29, 0.717) is 16.4 Å². The Bertz CT molecular complexity index is 568. The van der Waals surface area contributed by atoms with Crippen molar-refractivity contribution in [3.8, 4) is 0 Å². The number of hydrogen-bond acceptors (Lipinski definition) is 4. The molecule has 0 saturated carbocycles. The van der Waals surface area contributed by atoms with E-state index in [-0.39, 0.29) is 5.91 Å². The average Bonchev–Trinajstić information content (AvgIpc) is 2.78. The monoisotopic (exact) mass is 265 g/mol. The van der Waals surface area contributed by atoms with Gasteiger partial charge in [0.05, 0.1) is 11.2 Å². The second-order valence-electron chi connectivity index (χ2n) is 3.75. The van der Waals surface area contributed by atoms with Crippen LogP contribution in [0.15, 0.2) is 30.7 Å². The molecule has 0 spiro atoms. The summed E-state index contributed by atoms with van der Waals surface area (Å²) in [4.78, 5) is 15.9. The third-order valence-electron chi connectivity index (χ3n) is 2.37. The number of amides is 1. The number of rotatable bonds is 3. The van der Waals surface area contributed by atoms with E-state index in [2.05, 4.69) is 15.4 Å². The molecule has 0 aromatic carbocycles. The summed E-state index contributed by atoms with van der Waals surface area (Å²) >= 11 is 5.89. The number of carbonyl (C=O) groups excluding carboxylic acids is 1. The third-order valence-corrected chi connectivity index (χ3v) is 2.67. The van der Waals surface area contributed by atoms with E-state index < -0.39 is 6.04 Å². The summed E-state index contributed by atoms with van der Waals surface area (Å²) in [5, 5.41) is 6.90. The number of anilines is 1. The molecule has 94 valence electrons. The smallest absolute Gasteiger partial charge is 0.247 e. The van der Waals surface area contributed by atoms with Crippen molar-refractivity contribution in [2.45, 2.75) is 6.04 Å². The first-order valence-corrected chi connectivity index (χ1v) is 5.61. The predicted octanol–water partition coefficient (Wildman–Crippen LogP) is 1.11. The fourth-order valence-corrected chi connectivity index (χ4v) is 1.59. The predicted molar refractivity (Wildman–Crippen MR) is 68.0 cm³/mol. The SMILES string of the molecule is Cn1cc(C(N)C(=O)Nc2ncccc2Cl)cn1. The lowest BCUT2D eigenvalue weighted by Gasteiger charge is -2.10. The van der Waals surface area contributed by atoms with E-state index >= 15 is 0 Å². The Morgan fingerprint density at radius 2 is 2.39 bits per heavy atom. The first-order chi connectivity index (χ1) is 8.58. The molecule has 0 aliphatic heterocycles. The quantitative estimate of drug-likeness (QED) is 0.870. The fraction of sp³-hybridized carbons (Fsp3) is 0.182. The summed E-state index contributed by atoms with van der Waals surface area (Å²) in [6.07, 6.45) is 4.77. The normalized spacial score (nSPS) is 12.2. The molecular formula is C11H12ClN5O. The highest BCUT2D eigenvalue weighted by molar-refractivity contribution is 6.33. The molecule has 2 heterocycles. The topological polar surface area (TPSA) is 85.8 Å². The van der Waals surface area contributed by atoms with E-state index in [1.165, 1.54) is 6.20 Å². The van der Waals surface area contributed by atoms with Crippen LogP contribution in [0.5, 0.6) is 0 Å². The van der Waals surface area contributed by atoms with Gasteiger partial charge in [0.1, 0.15) is 6.04 Å². The summed E-state index contributed by atoms with van der Waals surface area (Å²) in [7, 11) is 1.75. The van der Waals surface area contributed by atoms with Gasteiger partial charge in [0.15, 0.2) is 5.82 Å². The van der Waals surface area contributed by atoms with Crippen LogP contribution in [0.3, 0.4) is 0 Å². The summed E-state index contributed by atoms with van der Waals surface area (Å²) in [6.45, 7) is 0. The van der Waals surface area contributed by atoms with Crippen LogP contribution in [-0.2, 0) is 11.8 Å². The van der Waals surface area contributed by atoms with E-state index in [1.54, 1.807) is 36.3 Å². The molecular weight excluding hydrogens is 254 g/mol. The number of hydrogen-bond donors (Lipinski definition) is 2. The van der Waals surface area contributed by atoms with Crippen LogP contribution in [0.1, 0.15) is 11.6 Å². The highest BCUT2D eigenvalue weighted by atomic mass is 35.5. The number of nitrogens with zero attached hydrogens (tertiary/aromatic N) is 3. The Hall–Kier alpha value is -1.92. The molecule has 1 unspecified atom stereocenters. The zero-order valence-electron chi connectivity index (χ0n) is 9.67. The third kappa shape index (κ3) is 2.66. The molecule has 0 aliphatic rings. The number of nitrogens with two attached hydrogens (primary N) is 1. The average molecular weight is 266 g/mol. The summed E-state index contributed by atoms with van der Waals surface area (Å²) in [6, 6.07) is 2.51. The molecule has 2 aromatic rings. The van der Waals surface area contributed by atoms with Crippen molar-refractivity contribution in [3.63, 3.8) is 0 Å². The molecule has 2 aromatic heterocycles.